The van der Waals surface area contributed by atoms with E-state index in [2.05, 4.69) is 0 Å². The molecule has 19 heavy (non-hydrogen) atoms. The minimum atomic E-state index is -0.503. The monoisotopic (exact) mass is 300 g/mol. The molecule has 4 nitrogen and oxygen atoms in total. The molecule has 0 aliphatic heterocycles. The van der Waals surface area contributed by atoms with Crippen molar-refractivity contribution in [3.63, 3.8) is 0 Å². The van der Waals surface area contributed by atoms with Crippen LogP contribution in [0.4, 0.5) is 0 Å². The van der Waals surface area contributed by atoms with Gasteiger partial charge in [0.1, 0.15) is 0 Å². The third-order valence-electron chi connectivity index (χ3n) is 2.42. The van der Waals surface area contributed by atoms with E-state index in [-0.39, 0.29) is 12.5 Å². The van der Waals surface area contributed by atoms with E-state index in [1.807, 2.05) is 13.0 Å². The van der Waals surface area contributed by atoms with E-state index >= 15 is 0 Å². The van der Waals surface area contributed by atoms with Crippen LogP contribution in [0.15, 0.2) is 18.2 Å². The Balaban J connectivity index is 2.64. The molecule has 0 radical (unpaired) electrons. The number of nitrogens with two attached hydrogens (primary N) is 1. The lowest BCUT2D eigenvalue weighted by Gasteiger charge is -2.18. The van der Waals surface area contributed by atoms with Crippen LogP contribution in [0.3, 0.4) is 0 Å². The molecule has 104 valence electrons. The number of hydrogen-bond acceptors (Lipinski definition) is 3. The van der Waals surface area contributed by atoms with Crippen molar-refractivity contribution in [3.05, 3.63) is 27.4 Å². The van der Waals surface area contributed by atoms with E-state index in [1.54, 1.807) is 12.1 Å². The Morgan fingerprint density at radius 1 is 1.47 bits per heavy atom. The molecule has 0 spiro atoms. The highest BCUT2D eigenvalue weighted by Gasteiger charge is 2.12. The topological polar surface area (TPSA) is 63.4 Å². The molecule has 0 aromatic carbocycles. The number of unbranched alkanes of at least 4 members (excludes halogenated alkanes) is 1. The first-order valence-electron chi connectivity index (χ1n) is 6.03. The van der Waals surface area contributed by atoms with E-state index in [1.165, 1.54) is 22.3 Å². The van der Waals surface area contributed by atoms with Crippen molar-refractivity contribution in [2.24, 2.45) is 5.73 Å². The summed E-state index contributed by atoms with van der Waals surface area (Å²) in [5.41, 5.74) is 5.14. The summed E-state index contributed by atoms with van der Waals surface area (Å²) in [7, 11) is 0. The molecule has 0 bridgehead atoms. The zero-order valence-electron chi connectivity index (χ0n) is 10.8. The molecule has 1 rings (SSSR count). The lowest BCUT2D eigenvalue weighted by molar-refractivity contribution is -0.131. The van der Waals surface area contributed by atoms with Gasteiger partial charge in [-0.1, -0.05) is 24.9 Å². The third-order valence-corrected chi connectivity index (χ3v) is 3.62. The molecule has 0 fully saturated rings. The molecule has 1 aromatic rings. The van der Waals surface area contributed by atoms with E-state index in [0.29, 0.717) is 10.9 Å². The molecule has 2 N–H and O–H groups in total. The largest absolute Gasteiger partial charge is 0.368 e. The van der Waals surface area contributed by atoms with Crippen molar-refractivity contribution in [2.45, 2.75) is 19.8 Å². The number of carbonyl (C=O) groups excluding carboxylic acids is 2. The van der Waals surface area contributed by atoms with Gasteiger partial charge in [-0.25, -0.2) is 0 Å². The van der Waals surface area contributed by atoms with Crippen LogP contribution in [0.2, 0.25) is 4.34 Å². The molecular weight excluding hydrogens is 284 g/mol. The maximum atomic E-state index is 12.0. The van der Waals surface area contributed by atoms with E-state index in [9.17, 15) is 9.59 Å². The van der Waals surface area contributed by atoms with Crippen molar-refractivity contribution < 1.29 is 9.59 Å². The fourth-order valence-electron chi connectivity index (χ4n) is 1.48. The minimum Gasteiger partial charge on any atom is -0.368 e. The highest BCUT2D eigenvalue weighted by molar-refractivity contribution is 7.17. The first-order valence-corrected chi connectivity index (χ1v) is 7.23. The summed E-state index contributed by atoms with van der Waals surface area (Å²) in [6, 6.07) is 3.61. The molecule has 1 heterocycles. The van der Waals surface area contributed by atoms with Gasteiger partial charge in [0, 0.05) is 17.5 Å². The Hall–Kier alpha value is -1.33. The van der Waals surface area contributed by atoms with Crippen LogP contribution in [0.25, 0.3) is 6.08 Å². The molecule has 0 saturated carbocycles. The number of halogens is 1. The molecular formula is C13H17ClN2O2S. The van der Waals surface area contributed by atoms with E-state index < -0.39 is 5.91 Å². The van der Waals surface area contributed by atoms with Crippen molar-refractivity contribution in [1.29, 1.82) is 0 Å². The molecule has 0 aliphatic rings. The molecule has 6 heteroatoms. The van der Waals surface area contributed by atoms with Crippen molar-refractivity contribution in [1.82, 2.24) is 4.90 Å². The second-order valence-corrected chi connectivity index (χ2v) is 5.80. The third kappa shape index (κ3) is 5.89. The first-order chi connectivity index (χ1) is 9.02. The molecule has 1 aromatic heterocycles. The lowest BCUT2D eigenvalue weighted by atomic mass is 10.3. The first kappa shape index (κ1) is 15.7. The predicted molar refractivity (Wildman–Crippen MR) is 79.0 cm³/mol. The van der Waals surface area contributed by atoms with Gasteiger partial charge in [-0.2, -0.15) is 0 Å². The second kappa shape index (κ2) is 7.96. The van der Waals surface area contributed by atoms with Crippen molar-refractivity contribution in [2.75, 3.05) is 13.1 Å². The van der Waals surface area contributed by atoms with Crippen molar-refractivity contribution >= 4 is 40.8 Å². The van der Waals surface area contributed by atoms with Crippen LogP contribution >= 0.6 is 22.9 Å². The Labute approximate surface area is 121 Å². The van der Waals surface area contributed by atoms with Crippen LogP contribution in [-0.2, 0) is 9.59 Å². The Morgan fingerprint density at radius 2 is 2.21 bits per heavy atom. The number of thiophene rings is 1. The summed E-state index contributed by atoms with van der Waals surface area (Å²) in [6.07, 6.45) is 4.93. The smallest absolute Gasteiger partial charge is 0.247 e. The summed E-state index contributed by atoms with van der Waals surface area (Å²) in [4.78, 5) is 25.3. The Kier molecular flexibility index (Phi) is 6.59. The number of primary amides is 1. The summed E-state index contributed by atoms with van der Waals surface area (Å²) in [6.45, 7) is 2.51. The van der Waals surface area contributed by atoms with Crippen LogP contribution in [0.1, 0.15) is 24.6 Å². The van der Waals surface area contributed by atoms with Crippen LogP contribution in [0, 0.1) is 0 Å². The van der Waals surface area contributed by atoms with Gasteiger partial charge in [0.15, 0.2) is 0 Å². The van der Waals surface area contributed by atoms with Gasteiger partial charge < -0.3 is 10.6 Å². The maximum Gasteiger partial charge on any atom is 0.247 e. The molecule has 0 saturated heterocycles. The van der Waals surface area contributed by atoms with Crippen LogP contribution < -0.4 is 5.73 Å². The van der Waals surface area contributed by atoms with Gasteiger partial charge in [0.2, 0.25) is 11.8 Å². The number of carbonyl (C=O) groups is 2. The average Bonchev–Trinajstić information content (AvgIpc) is 2.77. The molecule has 2 amide bonds. The number of hydrogen-bond donors (Lipinski definition) is 1. The fraction of sp³-hybridized carbons (Fsp3) is 0.385. The van der Waals surface area contributed by atoms with Gasteiger partial charge in [-0.15, -0.1) is 11.3 Å². The normalized spacial score (nSPS) is 10.8. The summed E-state index contributed by atoms with van der Waals surface area (Å²) >= 11 is 7.19. The molecule has 0 aliphatic carbocycles. The standard InChI is InChI=1S/C13H17ClN2O2S/c1-2-3-8-16(9-12(15)17)13(18)7-5-10-4-6-11(14)19-10/h4-7H,2-3,8-9H2,1H3,(H2,15,17)/b7-5-. The van der Waals surface area contributed by atoms with Gasteiger partial charge in [-0.05, 0) is 24.6 Å². The second-order valence-electron chi connectivity index (χ2n) is 4.05. The predicted octanol–water partition coefficient (Wildman–Crippen LogP) is 2.53. The van der Waals surface area contributed by atoms with E-state index in [0.717, 1.165) is 17.7 Å². The molecule has 0 atom stereocenters. The van der Waals surface area contributed by atoms with Crippen molar-refractivity contribution in [3.8, 4) is 0 Å². The van der Waals surface area contributed by atoms with Gasteiger partial charge in [0.25, 0.3) is 0 Å². The van der Waals surface area contributed by atoms with Crippen LogP contribution in [0.5, 0.6) is 0 Å². The Morgan fingerprint density at radius 3 is 2.74 bits per heavy atom. The fourth-order valence-corrected chi connectivity index (χ4v) is 2.44. The Bertz CT molecular complexity index is 471. The zero-order valence-corrected chi connectivity index (χ0v) is 12.3. The van der Waals surface area contributed by atoms with Crippen LogP contribution in [-0.4, -0.2) is 29.8 Å². The summed E-state index contributed by atoms with van der Waals surface area (Å²) in [5.74, 6) is -0.714. The SMILES string of the molecule is CCCCN(CC(N)=O)C(=O)/C=C\c1ccc(Cl)s1. The highest BCUT2D eigenvalue weighted by atomic mass is 35.5. The minimum absolute atomic E-state index is 0.0473. The van der Waals surface area contributed by atoms with Gasteiger partial charge in [-0.3, -0.25) is 9.59 Å². The average molecular weight is 301 g/mol. The number of rotatable bonds is 7. The van der Waals surface area contributed by atoms with E-state index in [4.69, 9.17) is 17.3 Å². The highest BCUT2D eigenvalue weighted by Crippen LogP contribution is 2.22. The quantitative estimate of drug-likeness (QED) is 0.787. The summed E-state index contributed by atoms with van der Waals surface area (Å²) in [5, 5.41) is 0. The number of amides is 2. The number of nitrogens with zero attached hydrogens (tertiary/aromatic N) is 1. The molecule has 0 unspecified atom stereocenters. The zero-order chi connectivity index (χ0) is 14.3. The lowest BCUT2D eigenvalue weighted by Crippen LogP contribution is -2.38. The maximum absolute atomic E-state index is 12.0. The summed E-state index contributed by atoms with van der Waals surface area (Å²) < 4.78 is 0.673. The van der Waals surface area contributed by atoms with Gasteiger partial charge >= 0.3 is 0 Å². The van der Waals surface area contributed by atoms with Gasteiger partial charge in [0.05, 0.1) is 10.9 Å².